The number of rotatable bonds is 8. The molecule has 0 aliphatic heterocycles. The molecule has 0 amide bonds. The van der Waals surface area contributed by atoms with E-state index in [2.05, 4.69) is 55.4 Å². The Kier molecular flexibility index (Phi) is 8.50. The second-order valence-corrected chi connectivity index (χ2v) is 9.20. The summed E-state index contributed by atoms with van der Waals surface area (Å²) < 4.78 is 0. The van der Waals surface area contributed by atoms with Gasteiger partial charge in [-0.25, -0.2) is 0 Å². The van der Waals surface area contributed by atoms with Crippen molar-refractivity contribution in [3.05, 3.63) is 0 Å². The molecule has 0 aromatic rings. The van der Waals surface area contributed by atoms with E-state index in [1.165, 1.54) is 38.5 Å². The highest BCUT2D eigenvalue weighted by Crippen LogP contribution is 2.48. The largest absolute Gasteiger partial charge is 0.0654 e. The lowest BCUT2D eigenvalue weighted by Gasteiger charge is -2.46. The van der Waals surface area contributed by atoms with Gasteiger partial charge >= 0.3 is 0 Å². The zero-order valence-electron chi connectivity index (χ0n) is 16.9. The van der Waals surface area contributed by atoms with Crippen molar-refractivity contribution < 1.29 is 0 Å². The summed E-state index contributed by atoms with van der Waals surface area (Å²) in [4.78, 5) is 0. The molecule has 0 heteroatoms. The van der Waals surface area contributed by atoms with Crippen LogP contribution >= 0.6 is 0 Å². The first-order valence-corrected chi connectivity index (χ1v) is 10.3. The van der Waals surface area contributed by atoms with Gasteiger partial charge < -0.3 is 0 Å². The van der Waals surface area contributed by atoms with E-state index < -0.39 is 0 Å². The van der Waals surface area contributed by atoms with Gasteiger partial charge in [-0.3, -0.25) is 0 Å². The van der Waals surface area contributed by atoms with Gasteiger partial charge in [-0.2, -0.15) is 0 Å². The van der Waals surface area contributed by atoms with E-state index in [9.17, 15) is 0 Å². The average molecular weight is 309 g/mol. The van der Waals surface area contributed by atoms with Gasteiger partial charge in [-0.1, -0.05) is 74.7 Å². The van der Waals surface area contributed by atoms with Crippen molar-refractivity contribution >= 4 is 0 Å². The van der Waals surface area contributed by atoms with Crippen LogP contribution in [0.2, 0.25) is 0 Å². The van der Waals surface area contributed by atoms with Crippen LogP contribution in [0.1, 0.15) is 93.9 Å². The molecule has 1 fully saturated rings. The minimum atomic E-state index is 0.850. The van der Waals surface area contributed by atoms with E-state index >= 15 is 0 Å². The first kappa shape index (κ1) is 20.0. The Bertz CT molecular complexity index is 290. The van der Waals surface area contributed by atoms with Crippen molar-refractivity contribution in [2.75, 3.05) is 0 Å². The summed E-state index contributed by atoms with van der Waals surface area (Å²) in [5.74, 6) is 7.40. The highest BCUT2D eigenvalue weighted by molar-refractivity contribution is 4.89. The smallest absolute Gasteiger partial charge is 0.0360 e. The highest BCUT2D eigenvalue weighted by atomic mass is 14.4. The van der Waals surface area contributed by atoms with Gasteiger partial charge in [0.15, 0.2) is 0 Å². The van der Waals surface area contributed by atoms with Crippen LogP contribution in [0.25, 0.3) is 0 Å². The normalized spacial score (nSPS) is 32.5. The van der Waals surface area contributed by atoms with Crippen LogP contribution < -0.4 is 0 Å². The molecule has 22 heavy (non-hydrogen) atoms. The molecule has 1 aliphatic carbocycles. The van der Waals surface area contributed by atoms with Crippen molar-refractivity contribution in [1.82, 2.24) is 0 Å². The number of hydrogen-bond donors (Lipinski definition) is 0. The molecule has 0 saturated heterocycles. The molecule has 132 valence electrons. The van der Waals surface area contributed by atoms with Gasteiger partial charge in [0.1, 0.15) is 0 Å². The summed E-state index contributed by atoms with van der Waals surface area (Å²) in [7, 11) is 0. The summed E-state index contributed by atoms with van der Waals surface area (Å²) in [6.07, 6.45) is 8.63. The lowest BCUT2D eigenvalue weighted by Crippen LogP contribution is -2.38. The Hall–Kier alpha value is 0. The Morgan fingerprint density at radius 2 is 1.59 bits per heavy atom. The van der Waals surface area contributed by atoms with Crippen molar-refractivity contribution in [3.8, 4) is 0 Å². The quantitative estimate of drug-likeness (QED) is 0.437. The molecule has 0 radical (unpaired) electrons. The summed E-state index contributed by atoms with van der Waals surface area (Å²) in [6.45, 7) is 19.6. The maximum Gasteiger partial charge on any atom is -0.0360 e. The Balaban J connectivity index is 2.89. The highest BCUT2D eigenvalue weighted by Gasteiger charge is 2.39. The van der Waals surface area contributed by atoms with Gasteiger partial charge in [0.2, 0.25) is 0 Å². The molecule has 6 atom stereocenters. The van der Waals surface area contributed by atoms with E-state index in [0.29, 0.717) is 0 Å². The van der Waals surface area contributed by atoms with Gasteiger partial charge in [0.05, 0.1) is 0 Å². The van der Waals surface area contributed by atoms with E-state index in [-0.39, 0.29) is 0 Å². The van der Waals surface area contributed by atoms with Crippen molar-refractivity contribution in [2.45, 2.75) is 93.9 Å². The van der Waals surface area contributed by atoms with Crippen molar-refractivity contribution in [2.24, 2.45) is 47.3 Å². The average Bonchev–Trinajstić information content (AvgIpc) is 2.46. The molecule has 1 aliphatic rings. The molecule has 0 aromatic heterocycles. The molecule has 0 bridgehead atoms. The van der Waals surface area contributed by atoms with Crippen LogP contribution in [-0.4, -0.2) is 0 Å². The second kappa shape index (κ2) is 9.33. The van der Waals surface area contributed by atoms with Gasteiger partial charge in [0, 0.05) is 0 Å². The van der Waals surface area contributed by atoms with Gasteiger partial charge in [-0.05, 0) is 66.6 Å². The third-order valence-corrected chi connectivity index (χ3v) is 6.95. The monoisotopic (exact) mass is 308 g/mol. The lowest BCUT2D eigenvalue weighted by atomic mass is 9.59. The van der Waals surface area contributed by atoms with Crippen molar-refractivity contribution in [1.29, 1.82) is 0 Å². The molecular formula is C22H44. The zero-order valence-corrected chi connectivity index (χ0v) is 16.9. The Labute approximate surface area is 141 Å². The molecule has 1 saturated carbocycles. The van der Waals surface area contributed by atoms with E-state index in [1.54, 1.807) is 0 Å². The second-order valence-electron chi connectivity index (χ2n) is 9.20. The third kappa shape index (κ3) is 5.27. The van der Waals surface area contributed by atoms with E-state index in [4.69, 9.17) is 0 Å². The fourth-order valence-electron chi connectivity index (χ4n) is 5.23. The van der Waals surface area contributed by atoms with Crippen molar-refractivity contribution in [3.63, 3.8) is 0 Å². The van der Waals surface area contributed by atoms with Crippen LogP contribution in [0.15, 0.2) is 0 Å². The lowest BCUT2D eigenvalue weighted by molar-refractivity contribution is 0.0338. The Morgan fingerprint density at radius 3 is 2.05 bits per heavy atom. The standard InChI is InChI=1S/C22H44/c1-9-11-19-13-20(14-21(15(3)4)18(19)8)22(16(5)6)12-17(7)10-2/h15-22H,9-14H2,1-8H3. The minimum absolute atomic E-state index is 0.850. The van der Waals surface area contributed by atoms with Gasteiger partial charge in [0.25, 0.3) is 0 Å². The molecular weight excluding hydrogens is 264 g/mol. The Morgan fingerprint density at radius 1 is 0.955 bits per heavy atom. The summed E-state index contributed by atoms with van der Waals surface area (Å²) in [5, 5.41) is 0. The molecule has 0 aromatic carbocycles. The van der Waals surface area contributed by atoms with Crippen LogP contribution in [-0.2, 0) is 0 Å². The fourth-order valence-corrected chi connectivity index (χ4v) is 5.23. The predicted molar refractivity (Wildman–Crippen MR) is 101 cm³/mol. The minimum Gasteiger partial charge on any atom is -0.0654 e. The molecule has 0 heterocycles. The van der Waals surface area contributed by atoms with Crippen LogP contribution in [0.3, 0.4) is 0 Å². The maximum absolute atomic E-state index is 2.56. The van der Waals surface area contributed by atoms with Crippen LogP contribution in [0.4, 0.5) is 0 Å². The summed E-state index contributed by atoms with van der Waals surface area (Å²) in [5.41, 5.74) is 0. The SMILES string of the molecule is CCCC1CC(C(CC(C)CC)C(C)C)CC(C(C)C)C1C. The third-order valence-electron chi connectivity index (χ3n) is 6.95. The molecule has 6 unspecified atom stereocenters. The van der Waals surface area contributed by atoms with E-state index in [0.717, 1.165) is 47.3 Å². The van der Waals surface area contributed by atoms with E-state index in [1.807, 2.05) is 0 Å². The van der Waals surface area contributed by atoms with Crippen LogP contribution in [0.5, 0.6) is 0 Å². The first-order valence-electron chi connectivity index (χ1n) is 10.3. The summed E-state index contributed by atoms with van der Waals surface area (Å²) in [6, 6.07) is 0. The predicted octanol–water partition coefficient (Wildman–Crippen LogP) is 7.43. The first-order chi connectivity index (χ1) is 10.3. The molecule has 1 rings (SSSR count). The fraction of sp³-hybridized carbons (Fsp3) is 1.00. The van der Waals surface area contributed by atoms with Crippen LogP contribution in [0, 0.1) is 47.3 Å². The molecule has 0 spiro atoms. The maximum atomic E-state index is 2.56. The summed E-state index contributed by atoms with van der Waals surface area (Å²) >= 11 is 0. The molecule has 0 N–H and O–H groups in total. The zero-order chi connectivity index (χ0) is 16.9. The topological polar surface area (TPSA) is 0 Å². The molecule has 0 nitrogen and oxygen atoms in total. The van der Waals surface area contributed by atoms with Gasteiger partial charge in [-0.15, -0.1) is 0 Å². The number of hydrogen-bond acceptors (Lipinski definition) is 0.